The molecular weight excluding hydrogens is 433 g/mol. The molecule has 1 amide bonds. The molecule has 3 atom stereocenters. The van der Waals surface area contributed by atoms with E-state index in [9.17, 15) is 19.5 Å². The van der Waals surface area contributed by atoms with Crippen LogP contribution in [-0.2, 0) is 22.4 Å². The summed E-state index contributed by atoms with van der Waals surface area (Å²) >= 11 is 12.3. The molecule has 2 N–H and O–H groups in total. The Labute approximate surface area is 183 Å². The predicted molar refractivity (Wildman–Crippen MR) is 113 cm³/mol. The Hall–Kier alpha value is -2.13. The van der Waals surface area contributed by atoms with E-state index in [0.717, 1.165) is 0 Å². The first kappa shape index (κ1) is 22.6. The highest BCUT2D eigenvalue weighted by Crippen LogP contribution is 2.29. The average Bonchev–Trinajstić information content (AvgIpc) is 3.04. The molecule has 3 rings (SSSR count). The van der Waals surface area contributed by atoms with Crippen molar-refractivity contribution < 1.29 is 14.6 Å². The summed E-state index contributed by atoms with van der Waals surface area (Å²) in [5, 5.41) is 11.2. The summed E-state index contributed by atoms with van der Waals surface area (Å²) in [5.41, 5.74) is -0.0550. The Bertz CT molecular complexity index is 1030. The highest BCUT2D eigenvalue weighted by molar-refractivity contribution is 6.36. The third-order valence-electron chi connectivity index (χ3n) is 5.21. The van der Waals surface area contributed by atoms with Crippen LogP contribution >= 0.6 is 23.2 Å². The van der Waals surface area contributed by atoms with Crippen LogP contribution in [0.4, 0.5) is 0 Å². The average molecular weight is 456 g/mol. The van der Waals surface area contributed by atoms with Gasteiger partial charge in [-0.05, 0) is 24.1 Å². The number of hydrogen-bond donors (Lipinski definition) is 2. The normalized spacial score (nSPS) is 21.0. The number of ether oxygens (including phenoxy) is 1. The second-order valence-corrected chi connectivity index (χ2v) is 8.07. The number of aromatic amines is 1. The molecule has 0 aliphatic carbocycles. The number of likely N-dealkylation sites (N-methyl/N-ethyl adjacent to an activating group) is 1. The first-order chi connectivity index (χ1) is 14.2. The van der Waals surface area contributed by atoms with E-state index in [4.69, 9.17) is 27.9 Å². The molecule has 10 heteroatoms. The number of carbonyl (C=O) groups excluding carboxylic acids is 1. The van der Waals surface area contributed by atoms with E-state index in [-0.39, 0.29) is 25.3 Å². The van der Waals surface area contributed by atoms with E-state index in [0.29, 0.717) is 27.6 Å². The number of benzene rings is 1. The number of aromatic nitrogens is 2. The molecule has 0 bridgehead atoms. The van der Waals surface area contributed by atoms with E-state index in [1.807, 2.05) is 0 Å². The van der Waals surface area contributed by atoms with Gasteiger partial charge in [0.15, 0.2) is 0 Å². The van der Waals surface area contributed by atoms with E-state index in [1.165, 1.54) is 15.7 Å². The summed E-state index contributed by atoms with van der Waals surface area (Å²) in [6, 6.07) is 5.03. The second-order valence-electron chi connectivity index (χ2n) is 7.26. The zero-order valence-electron chi connectivity index (χ0n) is 16.6. The number of nitrogens with one attached hydrogen (secondary N) is 1. The third-order valence-corrected chi connectivity index (χ3v) is 5.91. The van der Waals surface area contributed by atoms with Crippen LogP contribution in [0.2, 0.25) is 10.0 Å². The number of hydrogen-bond acceptors (Lipinski definition) is 5. The van der Waals surface area contributed by atoms with Gasteiger partial charge in [0.25, 0.3) is 5.56 Å². The minimum Gasteiger partial charge on any atom is -0.390 e. The largest absolute Gasteiger partial charge is 0.390 e. The quantitative estimate of drug-likeness (QED) is 0.690. The summed E-state index contributed by atoms with van der Waals surface area (Å²) in [5.74, 6) is -0.237. The lowest BCUT2D eigenvalue weighted by molar-refractivity contribution is -0.132. The highest BCUT2D eigenvalue weighted by atomic mass is 35.5. The van der Waals surface area contributed by atoms with Crippen LogP contribution < -0.4 is 11.2 Å². The van der Waals surface area contributed by atoms with Crippen LogP contribution in [0.5, 0.6) is 0 Å². The molecule has 1 aromatic heterocycles. The monoisotopic (exact) mass is 455 g/mol. The molecule has 1 aromatic carbocycles. The fourth-order valence-corrected chi connectivity index (χ4v) is 3.93. The van der Waals surface area contributed by atoms with Crippen molar-refractivity contribution in [3.63, 3.8) is 0 Å². The van der Waals surface area contributed by atoms with Crippen LogP contribution in [0, 0.1) is 0 Å². The molecule has 0 radical (unpaired) electrons. The van der Waals surface area contributed by atoms with Crippen molar-refractivity contribution >= 4 is 29.1 Å². The fraction of sp³-hybridized carbons (Fsp3) is 0.450. The van der Waals surface area contributed by atoms with Gasteiger partial charge < -0.3 is 14.7 Å². The first-order valence-electron chi connectivity index (χ1n) is 9.56. The minimum absolute atomic E-state index is 0.0144. The van der Waals surface area contributed by atoms with E-state index in [1.54, 1.807) is 32.2 Å². The van der Waals surface area contributed by atoms with E-state index >= 15 is 0 Å². The standard InChI is InChI=1S/C20H23Cl2N3O5/c1-3-11-9-25(20(29)23-19(11)28)18-8-15(26)16(30-18)10-24(2)17(27)7-12-13(21)5-4-6-14(12)22/h4-6,9,15-16,18,26H,3,7-8,10H2,1-2H3,(H,23,28,29)/t15?,16-,18-/m0/s1. The molecule has 1 unspecified atom stereocenters. The van der Waals surface area contributed by atoms with Gasteiger partial charge in [0.1, 0.15) is 12.3 Å². The number of H-pyrrole nitrogens is 1. The van der Waals surface area contributed by atoms with Crippen molar-refractivity contribution in [2.45, 2.75) is 44.6 Å². The third kappa shape index (κ3) is 4.78. The van der Waals surface area contributed by atoms with Gasteiger partial charge in [-0.2, -0.15) is 0 Å². The number of halogens is 2. The maximum absolute atomic E-state index is 12.6. The van der Waals surface area contributed by atoms with Crippen molar-refractivity contribution in [1.29, 1.82) is 0 Å². The van der Waals surface area contributed by atoms with Crippen molar-refractivity contribution in [3.05, 3.63) is 66.4 Å². The number of amides is 1. The fourth-order valence-electron chi connectivity index (χ4n) is 3.40. The molecule has 162 valence electrons. The van der Waals surface area contributed by atoms with E-state index in [2.05, 4.69) is 4.98 Å². The lowest BCUT2D eigenvalue weighted by atomic mass is 10.1. The first-order valence-corrected chi connectivity index (χ1v) is 10.3. The minimum atomic E-state index is -0.877. The molecule has 2 heterocycles. The maximum atomic E-state index is 12.6. The molecular formula is C20H23Cl2N3O5. The molecule has 0 saturated carbocycles. The van der Waals surface area contributed by atoms with Crippen molar-refractivity contribution in [1.82, 2.24) is 14.5 Å². The molecule has 8 nitrogen and oxygen atoms in total. The van der Waals surface area contributed by atoms with Gasteiger partial charge in [-0.1, -0.05) is 36.2 Å². The number of aliphatic hydroxyl groups is 1. The van der Waals surface area contributed by atoms with Crippen molar-refractivity contribution in [2.75, 3.05) is 13.6 Å². The summed E-state index contributed by atoms with van der Waals surface area (Å²) in [4.78, 5) is 40.2. The molecule has 2 aromatic rings. The maximum Gasteiger partial charge on any atom is 0.330 e. The Morgan fingerprint density at radius 1 is 1.33 bits per heavy atom. The summed E-state index contributed by atoms with van der Waals surface area (Å²) in [6.07, 6.45) is -0.210. The summed E-state index contributed by atoms with van der Waals surface area (Å²) in [6.45, 7) is 1.93. The van der Waals surface area contributed by atoms with Gasteiger partial charge in [0, 0.05) is 41.8 Å². The Morgan fingerprint density at radius 3 is 2.63 bits per heavy atom. The van der Waals surface area contributed by atoms with Gasteiger partial charge in [-0.25, -0.2) is 4.79 Å². The van der Waals surface area contributed by atoms with Crippen LogP contribution in [-0.4, -0.2) is 51.3 Å². The van der Waals surface area contributed by atoms with Gasteiger partial charge in [0.05, 0.1) is 12.5 Å². The van der Waals surface area contributed by atoms with Crippen LogP contribution in [0.3, 0.4) is 0 Å². The molecule has 1 saturated heterocycles. The lowest BCUT2D eigenvalue weighted by Crippen LogP contribution is -2.39. The van der Waals surface area contributed by atoms with Gasteiger partial charge in [-0.15, -0.1) is 0 Å². The van der Waals surface area contributed by atoms with E-state index < -0.39 is 29.7 Å². The predicted octanol–water partition coefficient (Wildman–Crippen LogP) is 1.76. The number of aryl methyl sites for hydroxylation is 1. The molecule has 1 fully saturated rings. The Morgan fingerprint density at radius 2 is 2.00 bits per heavy atom. The van der Waals surface area contributed by atoms with Gasteiger partial charge in [0.2, 0.25) is 5.91 Å². The van der Waals surface area contributed by atoms with Gasteiger partial charge >= 0.3 is 5.69 Å². The topological polar surface area (TPSA) is 105 Å². The van der Waals surface area contributed by atoms with Crippen molar-refractivity contribution in [3.8, 4) is 0 Å². The lowest BCUT2D eigenvalue weighted by Gasteiger charge is -2.23. The number of rotatable bonds is 6. The highest BCUT2D eigenvalue weighted by Gasteiger charge is 2.37. The summed E-state index contributed by atoms with van der Waals surface area (Å²) < 4.78 is 7.12. The number of aliphatic hydroxyl groups excluding tert-OH is 1. The number of nitrogens with zero attached hydrogens (tertiary/aromatic N) is 2. The zero-order valence-corrected chi connectivity index (χ0v) is 18.1. The molecule has 1 aliphatic rings. The van der Waals surface area contributed by atoms with Crippen molar-refractivity contribution in [2.24, 2.45) is 0 Å². The Balaban J connectivity index is 1.68. The Kier molecular flexibility index (Phi) is 7.02. The molecule has 30 heavy (non-hydrogen) atoms. The second kappa shape index (κ2) is 9.34. The number of carbonyl (C=O) groups is 1. The van der Waals surface area contributed by atoms with Crippen LogP contribution in [0.25, 0.3) is 0 Å². The molecule has 0 spiro atoms. The summed E-state index contributed by atoms with van der Waals surface area (Å²) in [7, 11) is 1.60. The zero-order chi connectivity index (χ0) is 22.0. The smallest absolute Gasteiger partial charge is 0.330 e. The molecule has 1 aliphatic heterocycles. The van der Waals surface area contributed by atoms with Crippen LogP contribution in [0.1, 0.15) is 30.7 Å². The SMILES string of the molecule is CCc1cn([C@@H]2CC(O)[C@H](CN(C)C(=O)Cc3c(Cl)cccc3Cl)O2)c(=O)[nH]c1=O. The van der Waals surface area contributed by atoms with Gasteiger partial charge in [-0.3, -0.25) is 19.1 Å². The van der Waals surface area contributed by atoms with Crippen LogP contribution in [0.15, 0.2) is 34.0 Å².